The van der Waals surface area contributed by atoms with Crippen LogP contribution in [0.15, 0.2) is 42.7 Å². The second-order valence-corrected chi connectivity index (χ2v) is 6.33. The van der Waals surface area contributed by atoms with Crippen LogP contribution in [0.2, 0.25) is 0 Å². The molecule has 0 aromatic carbocycles. The predicted molar refractivity (Wildman–Crippen MR) is 96.9 cm³/mol. The fraction of sp³-hybridized carbons (Fsp3) is 0.263. The molecule has 1 fully saturated rings. The van der Waals surface area contributed by atoms with Crippen molar-refractivity contribution in [1.82, 2.24) is 19.7 Å². The molecule has 4 rings (SSSR count). The largest absolute Gasteiger partial charge is 0.347 e. The number of anilines is 1. The second-order valence-electron chi connectivity index (χ2n) is 6.33. The number of carbonyl (C=O) groups is 2. The van der Waals surface area contributed by atoms with E-state index in [1.807, 2.05) is 43.5 Å². The van der Waals surface area contributed by atoms with E-state index in [9.17, 15) is 9.59 Å². The Morgan fingerprint density at radius 1 is 1.31 bits per heavy atom. The molecule has 3 aromatic rings. The van der Waals surface area contributed by atoms with Crippen LogP contribution in [0, 0.1) is 6.92 Å². The van der Waals surface area contributed by atoms with Crippen molar-refractivity contribution in [3.8, 4) is 0 Å². The van der Waals surface area contributed by atoms with Gasteiger partial charge in [-0.3, -0.25) is 18.9 Å². The monoisotopic (exact) mass is 349 g/mol. The number of fused-ring (bicyclic) bond motifs is 1. The molecule has 26 heavy (non-hydrogen) atoms. The van der Waals surface area contributed by atoms with Crippen LogP contribution in [0.1, 0.15) is 34.6 Å². The highest BCUT2D eigenvalue weighted by Gasteiger charge is 2.23. The average molecular weight is 349 g/mol. The topological polar surface area (TPSA) is 79.6 Å². The molecule has 0 unspecified atom stereocenters. The zero-order chi connectivity index (χ0) is 18.1. The van der Waals surface area contributed by atoms with Gasteiger partial charge in [0.05, 0.1) is 5.69 Å². The van der Waals surface area contributed by atoms with Crippen molar-refractivity contribution in [3.05, 3.63) is 59.7 Å². The minimum atomic E-state index is -0.184. The molecular formula is C19H19N5O2. The molecule has 1 N–H and O–H groups in total. The fourth-order valence-corrected chi connectivity index (χ4v) is 3.26. The number of aryl methyl sites for hydroxylation is 1. The molecule has 1 aliphatic heterocycles. The number of hydrogen-bond acceptors (Lipinski definition) is 4. The van der Waals surface area contributed by atoms with Crippen LogP contribution in [-0.2, 0) is 11.3 Å². The van der Waals surface area contributed by atoms with Crippen molar-refractivity contribution in [2.45, 2.75) is 26.3 Å². The Balaban J connectivity index is 1.51. The van der Waals surface area contributed by atoms with Gasteiger partial charge < -0.3 is 5.32 Å². The van der Waals surface area contributed by atoms with Crippen LogP contribution in [0.5, 0.6) is 0 Å². The van der Waals surface area contributed by atoms with E-state index in [0.717, 1.165) is 17.6 Å². The number of aromatic nitrogens is 3. The van der Waals surface area contributed by atoms with Gasteiger partial charge in [-0.15, -0.1) is 0 Å². The summed E-state index contributed by atoms with van der Waals surface area (Å²) in [5, 5.41) is 2.93. The quantitative estimate of drug-likeness (QED) is 0.782. The first-order chi connectivity index (χ1) is 12.6. The normalized spacial score (nSPS) is 14.2. The molecule has 7 heteroatoms. The molecular weight excluding hydrogens is 330 g/mol. The lowest BCUT2D eigenvalue weighted by Gasteiger charge is -2.15. The van der Waals surface area contributed by atoms with Crippen molar-refractivity contribution < 1.29 is 9.59 Å². The van der Waals surface area contributed by atoms with E-state index in [1.54, 1.807) is 15.5 Å². The number of amides is 2. The van der Waals surface area contributed by atoms with Crippen molar-refractivity contribution in [3.63, 3.8) is 0 Å². The van der Waals surface area contributed by atoms with Crippen LogP contribution in [-0.4, -0.2) is 32.7 Å². The third kappa shape index (κ3) is 2.92. The molecule has 1 saturated heterocycles. The Hall–Kier alpha value is -3.22. The Bertz CT molecular complexity index is 995. The summed E-state index contributed by atoms with van der Waals surface area (Å²) in [6, 6.07) is 9.32. The van der Waals surface area contributed by atoms with Crippen molar-refractivity contribution in [2.75, 3.05) is 11.4 Å². The summed E-state index contributed by atoms with van der Waals surface area (Å²) < 4.78 is 1.78. The Morgan fingerprint density at radius 3 is 3.00 bits per heavy atom. The Kier molecular flexibility index (Phi) is 4.12. The highest BCUT2D eigenvalue weighted by atomic mass is 16.2. The summed E-state index contributed by atoms with van der Waals surface area (Å²) in [6.45, 7) is 2.88. The highest BCUT2D eigenvalue weighted by molar-refractivity contribution is 5.95. The first-order valence-corrected chi connectivity index (χ1v) is 8.60. The summed E-state index contributed by atoms with van der Waals surface area (Å²) >= 11 is 0. The number of hydrogen-bond donors (Lipinski definition) is 1. The standard InChI is InChI=1S/C19H19N5O2/c1-13-18(24-9-3-2-5-15(24)22-13)19(26)21-12-14-7-8-20-16(11-14)23-10-4-6-17(23)25/h2-3,5,7-9,11H,4,6,10,12H2,1H3,(H,21,26). The molecule has 132 valence electrons. The maximum Gasteiger partial charge on any atom is 0.270 e. The van der Waals surface area contributed by atoms with Gasteiger partial charge in [0.15, 0.2) is 0 Å². The second kappa shape index (κ2) is 6.59. The van der Waals surface area contributed by atoms with E-state index in [1.165, 1.54) is 0 Å². The van der Waals surface area contributed by atoms with Crippen molar-refractivity contribution in [2.24, 2.45) is 0 Å². The third-order valence-corrected chi connectivity index (χ3v) is 4.53. The molecule has 7 nitrogen and oxygen atoms in total. The van der Waals surface area contributed by atoms with Crippen LogP contribution in [0.25, 0.3) is 5.65 Å². The smallest absolute Gasteiger partial charge is 0.270 e. The van der Waals surface area contributed by atoms with E-state index >= 15 is 0 Å². The number of rotatable bonds is 4. The van der Waals surface area contributed by atoms with E-state index in [2.05, 4.69) is 15.3 Å². The molecule has 0 atom stereocenters. The maximum atomic E-state index is 12.7. The zero-order valence-corrected chi connectivity index (χ0v) is 14.5. The summed E-state index contributed by atoms with van der Waals surface area (Å²) in [4.78, 5) is 34.9. The summed E-state index contributed by atoms with van der Waals surface area (Å²) in [5.41, 5.74) is 2.86. The van der Waals surface area contributed by atoms with E-state index < -0.39 is 0 Å². The van der Waals surface area contributed by atoms with E-state index in [0.29, 0.717) is 36.7 Å². The lowest BCUT2D eigenvalue weighted by Crippen LogP contribution is -2.26. The van der Waals surface area contributed by atoms with Crippen LogP contribution < -0.4 is 10.2 Å². The van der Waals surface area contributed by atoms with Gasteiger partial charge in [-0.05, 0) is 43.2 Å². The molecule has 0 aliphatic carbocycles. The average Bonchev–Trinajstić information content (AvgIpc) is 3.22. The molecule has 4 heterocycles. The number of imidazole rings is 1. The van der Waals surface area contributed by atoms with Crippen LogP contribution in [0.3, 0.4) is 0 Å². The highest BCUT2D eigenvalue weighted by Crippen LogP contribution is 2.20. The van der Waals surface area contributed by atoms with Gasteiger partial charge in [0.2, 0.25) is 5.91 Å². The van der Waals surface area contributed by atoms with E-state index in [4.69, 9.17) is 0 Å². The SMILES string of the molecule is Cc1nc2ccccn2c1C(=O)NCc1ccnc(N2CCCC2=O)c1. The molecule has 1 aliphatic rings. The molecule has 3 aromatic heterocycles. The van der Waals surface area contributed by atoms with Crippen LogP contribution >= 0.6 is 0 Å². The van der Waals surface area contributed by atoms with Gasteiger partial charge in [-0.1, -0.05) is 6.07 Å². The first-order valence-electron chi connectivity index (χ1n) is 8.60. The number of pyridine rings is 2. The molecule has 0 bridgehead atoms. The minimum Gasteiger partial charge on any atom is -0.347 e. The zero-order valence-electron chi connectivity index (χ0n) is 14.5. The lowest BCUT2D eigenvalue weighted by molar-refractivity contribution is -0.117. The Labute approximate surface area is 150 Å². The summed E-state index contributed by atoms with van der Waals surface area (Å²) in [5.74, 6) is 0.557. The minimum absolute atomic E-state index is 0.0973. The number of carbonyl (C=O) groups excluding carboxylic acids is 2. The van der Waals surface area contributed by atoms with E-state index in [-0.39, 0.29) is 11.8 Å². The van der Waals surface area contributed by atoms with Crippen molar-refractivity contribution in [1.29, 1.82) is 0 Å². The first kappa shape index (κ1) is 16.3. The van der Waals surface area contributed by atoms with Gasteiger partial charge in [0.1, 0.15) is 17.2 Å². The van der Waals surface area contributed by atoms with Crippen molar-refractivity contribution >= 4 is 23.3 Å². The van der Waals surface area contributed by atoms with Gasteiger partial charge in [-0.2, -0.15) is 0 Å². The number of nitrogens with one attached hydrogen (secondary N) is 1. The van der Waals surface area contributed by atoms with Crippen LogP contribution in [0.4, 0.5) is 5.82 Å². The lowest BCUT2D eigenvalue weighted by atomic mass is 10.2. The van der Waals surface area contributed by atoms with Gasteiger partial charge in [-0.25, -0.2) is 9.97 Å². The third-order valence-electron chi connectivity index (χ3n) is 4.53. The van der Waals surface area contributed by atoms with Gasteiger partial charge in [0, 0.05) is 31.9 Å². The fourth-order valence-electron chi connectivity index (χ4n) is 3.26. The van der Waals surface area contributed by atoms with Gasteiger partial charge >= 0.3 is 0 Å². The molecule has 0 radical (unpaired) electrons. The molecule has 0 saturated carbocycles. The van der Waals surface area contributed by atoms with Gasteiger partial charge in [0.25, 0.3) is 5.91 Å². The summed E-state index contributed by atoms with van der Waals surface area (Å²) in [6.07, 6.45) is 4.92. The summed E-state index contributed by atoms with van der Waals surface area (Å²) in [7, 11) is 0. The maximum absolute atomic E-state index is 12.7. The number of nitrogens with zero attached hydrogens (tertiary/aromatic N) is 4. The molecule has 2 amide bonds. The predicted octanol–water partition coefficient (Wildman–Crippen LogP) is 2.09. The molecule has 0 spiro atoms. The Morgan fingerprint density at radius 2 is 2.19 bits per heavy atom.